The summed E-state index contributed by atoms with van der Waals surface area (Å²) in [6, 6.07) is 8.58. The molecule has 0 aromatic heterocycles. The molecule has 0 spiro atoms. The van der Waals surface area contributed by atoms with Crippen LogP contribution >= 0.6 is 0 Å². The molecule has 1 unspecified atom stereocenters. The number of hydrogen-bond donors (Lipinski definition) is 1. The van der Waals surface area contributed by atoms with Crippen molar-refractivity contribution in [1.82, 2.24) is 0 Å². The van der Waals surface area contributed by atoms with E-state index in [-0.39, 0.29) is 6.61 Å². The van der Waals surface area contributed by atoms with Crippen LogP contribution in [0, 0.1) is 0 Å². The summed E-state index contributed by atoms with van der Waals surface area (Å²) in [5.41, 5.74) is 5.82. The van der Waals surface area contributed by atoms with Gasteiger partial charge in [0.05, 0.1) is 6.61 Å². The van der Waals surface area contributed by atoms with Gasteiger partial charge in [0.1, 0.15) is 0 Å². The number of aliphatic hydroxyl groups is 1. The molecule has 0 bridgehead atoms. The Bertz CT molecular complexity index is 417. The fourth-order valence-corrected chi connectivity index (χ4v) is 3.09. The minimum atomic E-state index is 0.274. The number of aliphatic hydroxyl groups excluding tert-OH is 1. The third-order valence-corrected chi connectivity index (χ3v) is 3.78. The van der Waals surface area contributed by atoms with E-state index in [1.807, 2.05) is 0 Å². The van der Waals surface area contributed by atoms with Gasteiger partial charge in [-0.25, -0.2) is 0 Å². The van der Waals surface area contributed by atoms with Crippen molar-refractivity contribution in [1.29, 1.82) is 0 Å². The van der Waals surface area contributed by atoms with Crippen molar-refractivity contribution >= 4 is 5.57 Å². The molecule has 0 amide bonds. The minimum Gasteiger partial charge on any atom is -0.395 e. The first-order valence-electron chi connectivity index (χ1n) is 5.84. The second kappa shape index (κ2) is 3.49. The summed E-state index contributed by atoms with van der Waals surface area (Å²) in [4.78, 5) is 0. The Balaban J connectivity index is 2.15. The second-order valence-corrected chi connectivity index (χ2v) is 4.53. The van der Waals surface area contributed by atoms with E-state index in [0.29, 0.717) is 5.92 Å². The predicted octanol–water partition coefficient (Wildman–Crippen LogP) is 3.10. The van der Waals surface area contributed by atoms with E-state index in [4.69, 9.17) is 0 Å². The minimum absolute atomic E-state index is 0.274. The molecule has 0 aliphatic heterocycles. The summed E-state index contributed by atoms with van der Waals surface area (Å²) in [6.45, 7) is 0.274. The molecule has 3 rings (SSSR count). The average molecular weight is 200 g/mol. The first-order chi connectivity index (χ1) is 7.42. The molecule has 1 N–H and O–H groups in total. The van der Waals surface area contributed by atoms with E-state index in [2.05, 4.69) is 24.3 Å². The van der Waals surface area contributed by atoms with E-state index in [1.165, 1.54) is 48.0 Å². The van der Waals surface area contributed by atoms with Crippen molar-refractivity contribution in [2.45, 2.75) is 31.6 Å². The highest BCUT2D eigenvalue weighted by Crippen LogP contribution is 2.47. The van der Waals surface area contributed by atoms with Gasteiger partial charge in [-0.05, 0) is 42.4 Å². The Labute approximate surface area is 90.4 Å². The number of benzene rings is 1. The average Bonchev–Trinajstić information content (AvgIpc) is 2.63. The molecule has 0 fully saturated rings. The van der Waals surface area contributed by atoms with Crippen LogP contribution in [-0.2, 0) is 0 Å². The summed E-state index contributed by atoms with van der Waals surface area (Å²) < 4.78 is 0. The van der Waals surface area contributed by atoms with Gasteiger partial charge in [-0.15, -0.1) is 0 Å². The third kappa shape index (κ3) is 1.26. The fourth-order valence-electron chi connectivity index (χ4n) is 3.09. The lowest BCUT2D eigenvalue weighted by Gasteiger charge is -2.18. The topological polar surface area (TPSA) is 20.2 Å². The Kier molecular flexibility index (Phi) is 2.14. The molecule has 0 heterocycles. The van der Waals surface area contributed by atoms with E-state index in [0.717, 1.165) is 0 Å². The van der Waals surface area contributed by atoms with Crippen LogP contribution in [-0.4, -0.2) is 11.7 Å². The Morgan fingerprint density at radius 3 is 2.80 bits per heavy atom. The summed E-state index contributed by atoms with van der Waals surface area (Å²) in [5.74, 6) is 0.302. The van der Waals surface area contributed by atoms with Crippen molar-refractivity contribution in [3.05, 3.63) is 41.0 Å². The molecular formula is C14H16O. The third-order valence-electron chi connectivity index (χ3n) is 3.78. The van der Waals surface area contributed by atoms with E-state index in [1.54, 1.807) is 0 Å². The molecule has 0 radical (unpaired) electrons. The van der Waals surface area contributed by atoms with Gasteiger partial charge in [-0.3, -0.25) is 0 Å². The van der Waals surface area contributed by atoms with Gasteiger partial charge in [0.25, 0.3) is 0 Å². The Morgan fingerprint density at radius 2 is 1.93 bits per heavy atom. The molecule has 0 saturated heterocycles. The predicted molar refractivity (Wildman–Crippen MR) is 61.7 cm³/mol. The summed E-state index contributed by atoms with van der Waals surface area (Å²) >= 11 is 0. The van der Waals surface area contributed by atoms with E-state index >= 15 is 0 Å². The lowest BCUT2D eigenvalue weighted by molar-refractivity contribution is 0.278. The van der Waals surface area contributed by atoms with Crippen LogP contribution in [0.15, 0.2) is 29.8 Å². The molecule has 2 aliphatic carbocycles. The van der Waals surface area contributed by atoms with Crippen LogP contribution in [0.5, 0.6) is 0 Å². The standard InChI is InChI=1S/C14H16O/c15-9-14-12-7-3-1-5-10(12)11-6-2-4-8-13(11)14/h1,3,5,7,14-15H,2,4,6,8-9H2. The Hall–Kier alpha value is -1.08. The zero-order valence-corrected chi connectivity index (χ0v) is 8.87. The monoisotopic (exact) mass is 200 g/mol. The first-order valence-corrected chi connectivity index (χ1v) is 5.84. The maximum Gasteiger partial charge on any atom is 0.0537 e. The first kappa shape index (κ1) is 9.17. The molecule has 15 heavy (non-hydrogen) atoms. The maximum atomic E-state index is 9.52. The molecule has 0 saturated carbocycles. The molecule has 1 aromatic rings. The molecule has 1 heteroatoms. The summed E-state index contributed by atoms with van der Waals surface area (Å²) in [7, 11) is 0. The molecule has 1 atom stereocenters. The van der Waals surface area contributed by atoms with Crippen LogP contribution in [0.1, 0.15) is 42.7 Å². The SMILES string of the molecule is OCC1C2=C(CCCC2)c2ccccc21. The summed E-state index contributed by atoms with van der Waals surface area (Å²) in [6.07, 6.45) is 5.01. The summed E-state index contributed by atoms with van der Waals surface area (Å²) in [5, 5.41) is 9.52. The van der Waals surface area contributed by atoms with Gasteiger partial charge in [0.2, 0.25) is 0 Å². The normalized spacial score (nSPS) is 23.9. The molecule has 78 valence electrons. The van der Waals surface area contributed by atoms with Crippen molar-refractivity contribution < 1.29 is 5.11 Å². The van der Waals surface area contributed by atoms with Gasteiger partial charge >= 0.3 is 0 Å². The highest BCUT2D eigenvalue weighted by molar-refractivity contribution is 5.78. The highest BCUT2D eigenvalue weighted by atomic mass is 16.3. The van der Waals surface area contributed by atoms with Crippen molar-refractivity contribution in [2.24, 2.45) is 0 Å². The zero-order valence-electron chi connectivity index (χ0n) is 8.87. The molecular weight excluding hydrogens is 184 g/mol. The maximum absolute atomic E-state index is 9.52. The largest absolute Gasteiger partial charge is 0.395 e. The smallest absolute Gasteiger partial charge is 0.0537 e. The number of allylic oxidation sites excluding steroid dienone is 1. The Morgan fingerprint density at radius 1 is 1.13 bits per heavy atom. The van der Waals surface area contributed by atoms with Crippen LogP contribution < -0.4 is 0 Å². The number of fused-ring (bicyclic) bond motifs is 2. The molecule has 1 nitrogen and oxygen atoms in total. The lowest BCUT2D eigenvalue weighted by Crippen LogP contribution is -2.05. The van der Waals surface area contributed by atoms with Gasteiger partial charge < -0.3 is 5.11 Å². The van der Waals surface area contributed by atoms with Crippen LogP contribution in [0.4, 0.5) is 0 Å². The lowest BCUT2D eigenvalue weighted by atomic mass is 9.88. The quantitative estimate of drug-likeness (QED) is 0.738. The fraction of sp³-hybridized carbons (Fsp3) is 0.429. The van der Waals surface area contributed by atoms with Gasteiger partial charge in [0, 0.05) is 5.92 Å². The van der Waals surface area contributed by atoms with Gasteiger partial charge in [0.15, 0.2) is 0 Å². The van der Waals surface area contributed by atoms with Gasteiger partial charge in [-0.1, -0.05) is 29.8 Å². The van der Waals surface area contributed by atoms with Crippen molar-refractivity contribution in [2.75, 3.05) is 6.61 Å². The van der Waals surface area contributed by atoms with E-state index < -0.39 is 0 Å². The van der Waals surface area contributed by atoms with Crippen LogP contribution in [0.3, 0.4) is 0 Å². The second-order valence-electron chi connectivity index (χ2n) is 4.53. The van der Waals surface area contributed by atoms with Gasteiger partial charge in [-0.2, -0.15) is 0 Å². The number of hydrogen-bond acceptors (Lipinski definition) is 1. The molecule has 2 aliphatic rings. The van der Waals surface area contributed by atoms with Crippen LogP contribution in [0.25, 0.3) is 5.57 Å². The van der Waals surface area contributed by atoms with Crippen LogP contribution in [0.2, 0.25) is 0 Å². The zero-order chi connectivity index (χ0) is 10.3. The highest BCUT2D eigenvalue weighted by Gasteiger charge is 2.31. The van der Waals surface area contributed by atoms with E-state index in [9.17, 15) is 5.11 Å². The van der Waals surface area contributed by atoms with Crippen molar-refractivity contribution in [3.63, 3.8) is 0 Å². The number of rotatable bonds is 1. The van der Waals surface area contributed by atoms with Crippen molar-refractivity contribution in [3.8, 4) is 0 Å². The molecule has 1 aromatic carbocycles.